The second-order valence-electron chi connectivity index (χ2n) is 3.43. The van der Waals surface area contributed by atoms with Crippen LogP contribution >= 0.6 is 0 Å². The smallest absolute Gasteiger partial charge is 0.182 e. The number of nitriles is 1. The van der Waals surface area contributed by atoms with E-state index in [4.69, 9.17) is 5.26 Å². The highest BCUT2D eigenvalue weighted by atomic mass is 16.1. The van der Waals surface area contributed by atoms with Crippen molar-refractivity contribution >= 4 is 5.78 Å². The Morgan fingerprint density at radius 1 is 1.31 bits per heavy atom. The Bertz CT molecular complexity index is 346. The molecule has 0 radical (unpaired) electrons. The SMILES string of the molecule is CC(C)(C#N)C(=O)c1ccccc1. The fraction of sp³-hybridized carbons (Fsp3) is 0.273. The molecule has 0 aromatic heterocycles. The molecule has 0 bridgehead atoms. The van der Waals surface area contributed by atoms with E-state index in [1.807, 2.05) is 12.1 Å². The Balaban J connectivity index is 3.01. The summed E-state index contributed by atoms with van der Waals surface area (Å²) in [5.74, 6) is -0.129. The topological polar surface area (TPSA) is 40.9 Å². The lowest BCUT2D eigenvalue weighted by atomic mass is 9.86. The van der Waals surface area contributed by atoms with Crippen LogP contribution in [0.15, 0.2) is 30.3 Å². The number of Topliss-reactive ketones (excluding diaryl/α,β-unsaturated/α-hetero) is 1. The Hall–Kier alpha value is -1.62. The molecule has 0 amide bonds. The van der Waals surface area contributed by atoms with Gasteiger partial charge in [0, 0.05) is 5.56 Å². The monoisotopic (exact) mass is 173 g/mol. The van der Waals surface area contributed by atoms with Crippen molar-refractivity contribution in [1.82, 2.24) is 0 Å². The predicted molar refractivity (Wildman–Crippen MR) is 50.2 cm³/mol. The zero-order valence-corrected chi connectivity index (χ0v) is 7.74. The molecule has 1 aromatic carbocycles. The van der Waals surface area contributed by atoms with Gasteiger partial charge in [0.15, 0.2) is 5.78 Å². The minimum Gasteiger partial charge on any atom is -0.292 e. The van der Waals surface area contributed by atoms with Crippen molar-refractivity contribution in [2.24, 2.45) is 5.41 Å². The van der Waals surface area contributed by atoms with Gasteiger partial charge in [-0.25, -0.2) is 0 Å². The number of nitrogens with zero attached hydrogens (tertiary/aromatic N) is 1. The van der Waals surface area contributed by atoms with E-state index < -0.39 is 5.41 Å². The number of carbonyl (C=O) groups excluding carboxylic acids is 1. The van der Waals surface area contributed by atoms with Crippen LogP contribution in [0.2, 0.25) is 0 Å². The maximum absolute atomic E-state index is 11.7. The second-order valence-corrected chi connectivity index (χ2v) is 3.43. The molecule has 66 valence electrons. The molecule has 0 N–H and O–H groups in total. The lowest BCUT2D eigenvalue weighted by Gasteiger charge is -2.12. The quantitative estimate of drug-likeness (QED) is 0.644. The van der Waals surface area contributed by atoms with Crippen molar-refractivity contribution in [2.75, 3.05) is 0 Å². The first kappa shape index (κ1) is 9.47. The molecular weight excluding hydrogens is 162 g/mol. The fourth-order valence-electron chi connectivity index (χ4n) is 1.00. The van der Waals surface area contributed by atoms with Crippen molar-refractivity contribution in [2.45, 2.75) is 13.8 Å². The van der Waals surface area contributed by atoms with Crippen LogP contribution in [0.3, 0.4) is 0 Å². The Labute approximate surface area is 77.8 Å². The zero-order valence-electron chi connectivity index (χ0n) is 7.74. The first-order valence-corrected chi connectivity index (χ1v) is 4.09. The van der Waals surface area contributed by atoms with E-state index in [0.29, 0.717) is 5.56 Å². The van der Waals surface area contributed by atoms with Gasteiger partial charge in [-0.1, -0.05) is 30.3 Å². The van der Waals surface area contributed by atoms with Crippen LogP contribution in [0.1, 0.15) is 24.2 Å². The molecule has 1 rings (SSSR count). The average molecular weight is 173 g/mol. The summed E-state index contributed by atoms with van der Waals surface area (Å²) in [6.07, 6.45) is 0. The van der Waals surface area contributed by atoms with Crippen LogP contribution in [0.25, 0.3) is 0 Å². The molecule has 0 aliphatic heterocycles. The molecule has 0 aliphatic carbocycles. The normalized spacial score (nSPS) is 10.5. The number of hydrogen-bond donors (Lipinski definition) is 0. The summed E-state index contributed by atoms with van der Waals surface area (Å²) in [6.45, 7) is 3.25. The minimum atomic E-state index is -0.929. The molecule has 0 aliphatic rings. The van der Waals surface area contributed by atoms with Gasteiger partial charge in [0.25, 0.3) is 0 Å². The van der Waals surface area contributed by atoms with Crippen molar-refractivity contribution < 1.29 is 4.79 Å². The van der Waals surface area contributed by atoms with E-state index in [-0.39, 0.29) is 5.78 Å². The van der Waals surface area contributed by atoms with E-state index >= 15 is 0 Å². The summed E-state index contributed by atoms with van der Waals surface area (Å²) in [5.41, 5.74) is -0.337. The van der Waals surface area contributed by atoms with E-state index in [0.717, 1.165) is 0 Å². The summed E-state index contributed by atoms with van der Waals surface area (Å²) in [4.78, 5) is 11.7. The molecule has 0 heterocycles. The van der Waals surface area contributed by atoms with Crippen LogP contribution in [0, 0.1) is 16.7 Å². The largest absolute Gasteiger partial charge is 0.292 e. The van der Waals surface area contributed by atoms with E-state index in [9.17, 15) is 4.79 Å². The van der Waals surface area contributed by atoms with Crippen LogP contribution in [-0.4, -0.2) is 5.78 Å². The van der Waals surface area contributed by atoms with Gasteiger partial charge < -0.3 is 0 Å². The van der Waals surface area contributed by atoms with Gasteiger partial charge in [0.05, 0.1) is 6.07 Å². The Kier molecular flexibility index (Phi) is 2.48. The maximum atomic E-state index is 11.7. The highest BCUT2D eigenvalue weighted by Crippen LogP contribution is 2.20. The number of ketones is 1. The summed E-state index contributed by atoms with van der Waals surface area (Å²) >= 11 is 0. The third kappa shape index (κ3) is 1.94. The molecule has 0 spiro atoms. The minimum absolute atomic E-state index is 0.129. The van der Waals surface area contributed by atoms with Gasteiger partial charge >= 0.3 is 0 Å². The van der Waals surface area contributed by atoms with Gasteiger partial charge in [-0.2, -0.15) is 5.26 Å². The standard InChI is InChI=1S/C11H11NO/c1-11(2,8-12)10(13)9-6-4-3-5-7-9/h3-7H,1-2H3. The van der Waals surface area contributed by atoms with Crippen LogP contribution < -0.4 is 0 Å². The van der Waals surface area contributed by atoms with Gasteiger partial charge in [-0.05, 0) is 13.8 Å². The average Bonchev–Trinajstić information content (AvgIpc) is 2.18. The molecule has 2 heteroatoms. The fourth-order valence-corrected chi connectivity index (χ4v) is 1.00. The lowest BCUT2D eigenvalue weighted by molar-refractivity contribution is 0.0892. The second kappa shape index (κ2) is 3.40. The zero-order chi connectivity index (χ0) is 9.90. The highest BCUT2D eigenvalue weighted by Gasteiger charge is 2.27. The summed E-state index contributed by atoms with van der Waals surface area (Å²) < 4.78 is 0. The molecule has 0 fully saturated rings. The molecule has 0 atom stereocenters. The van der Waals surface area contributed by atoms with Crippen LogP contribution in [-0.2, 0) is 0 Å². The van der Waals surface area contributed by atoms with Crippen LogP contribution in [0.4, 0.5) is 0 Å². The molecular formula is C11H11NO. The first-order chi connectivity index (χ1) is 6.08. The molecule has 1 aromatic rings. The molecule has 13 heavy (non-hydrogen) atoms. The third-order valence-electron chi connectivity index (χ3n) is 1.88. The lowest BCUT2D eigenvalue weighted by Crippen LogP contribution is -2.21. The molecule has 0 unspecified atom stereocenters. The number of hydrogen-bond acceptors (Lipinski definition) is 2. The molecule has 0 saturated heterocycles. The van der Waals surface area contributed by atoms with Gasteiger partial charge in [-0.3, -0.25) is 4.79 Å². The summed E-state index contributed by atoms with van der Waals surface area (Å²) in [6, 6.07) is 10.9. The van der Waals surface area contributed by atoms with E-state index in [1.54, 1.807) is 38.1 Å². The van der Waals surface area contributed by atoms with E-state index in [1.165, 1.54) is 0 Å². The van der Waals surface area contributed by atoms with Crippen molar-refractivity contribution in [3.8, 4) is 6.07 Å². The van der Waals surface area contributed by atoms with Gasteiger partial charge in [-0.15, -0.1) is 0 Å². The Morgan fingerprint density at radius 2 is 1.85 bits per heavy atom. The molecule has 2 nitrogen and oxygen atoms in total. The Morgan fingerprint density at radius 3 is 2.31 bits per heavy atom. The maximum Gasteiger partial charge on any atom is 0.182 e. The van der Waals surface area contributed by atoms with Crippen LogP contribution in [0.5, 0.6) is 0 Å². The van der Waals surface area contributed by atoms with Crippen molar-refractivity contribution in [3.63, 3.8) is 0 Å². The van der Waals surface area contributed by atoms with Gasteiger partial charge in [0.2, 0.25) is 0 Å². The number of rotatable bonds is 2. The van der Waals surface area contributed by atoms with Crippen molar-refractivity contribution in [3.05, 3.63) is 35.9 Å². The number of carbonyl (C=O) groups is 1. The van der Waals surface area contributed by atoms with E-state index in [2.05, 4.69) is 0 Å². The number of benzene rings is 1. The van der Waals surface area contributed by atoms with Crippen molar-refractivity contribution in [1.29, 1.82) is 5.26 Å². The third-order valence-corrected chi connectivity index (χ3v) is 1.88. The summed E-state index contributed by atoms with van der Waals surface area (Å²) in [5, 5.41) is 8.75. The highest BCUT2D eigenvalue weighted by molar-refractivity contribution is 6.01. The first-order valence-electron chi connectivity index (χ1n) is 4.09. The van der Waals surface area contributed by atoms with Gasteiger partial charge in [0.1, 0.15) is 5.41 Å². The summed E-state index contributed by atoms with van der Waals surface area (Å²) in [7, 11) is 0. The predicted octanol–water partition coefficient (Wildman–Crippen LogP) is 2.42. The molecule has 0 saturated carbocycles.